The largest absolute Gasteiger partial charge is 0.396 e. The van der Waals surface area contributed by atoms with Crippen LogP contribution in [0.1, 0.15) is 12.8 Å². The van der Waals surface area contributed by atoms with Gasteiger partial charge in [-0.05, 0) is 49.2 Å². The van der Waals surface area contributed by atoms with Crippen molar-refractivity contribution in [3.05, 3.63) is 36.4 Å². The summed E-state index contributed by atoms with van der Waals surface area (Å²) in [7, 11) is -4.04. The van der Waals surface area contributed by atoms with Crippen molar-refractivity contribution in [2.75, 3.05) is 63.2 Å². The molecule has 0 spiro atoms. The average molecular weight is 583 g/mol. The summed E-state index contributed by atoms with van der Waals surface area (Å²) in [5, 5.41) is 74.5. The van der Waals surface area contributed by atoms with Crippen LogP contribution in [0.2, 0.25) is 0 Å². The van der Waals surface area contributed by atoms with Crippen molar-refractivity contribution in [1.29, 1.82) is 0 Å². The highest BCUT2D eigenvalue weighted by molar-refractivity contribution is 7.89. The molecule has 0 aliphatic rings. The number of nitrogens with zero attached hydrogens (tertiary/aromatic N) is 2. The Morgan fingerprint density at radius 1 is 0.800 bits per heavy atom. The number of hydrogen-bond donors (Lipinski definition) is 9. The summed E-state index contributed by atoms with van der Waals surface area (Å²) in [6.45, 7) is -1.27. The first-order valence-corrected chi connectivity index (χ1v) is 14.4. The van der Waals surface area contributed by atoms with E-state index in [1.165, 1.54) is 12.1 Å². The van der Waals surface area contributed by atoms with E-state index in [1.807, 2.05) is 0 Å². The summed E-state index contributed by atoms with van der Waals surface area (Å²) in [4.78, 5) is 4.62. The number of anilines is 2. The van der Waals surface area contributed by atoms with E-state index in [2.05, 4.69) is 15.6 Å². The Kier molecular flexibility index (Phi) is 11.8. The summed E-state index contributed by atoms with van der Waals surface area (Å²) >= 11 is 0. The van der Waals surface area contributed by atoms with Gasteiger partial charge in [0.05, 0.1) is 47.0 Å². The fourth-order valence-electron chi connectivity index (χ4n) is 4.30. The number of rotatable bonds is 17. The van der Waals surface area contributed by atoms with E-state index >= 15 is 0 Å². The van der Waals surface area contributed by atoms with E-state index in [9.17, 15) is 39.1 Å². The predicted octanol–water partition coefficient (Wildman–Crippen LogP) is -0.965. The minimum Gasteiger partial charge on any atom is -0.396 e. The van der Waals surface area contributed by atoms with Crippen molar-refractivity contribution in [3.8, 4) is 0 Å². The van der Waals surface area contributed by atoms with Crippen molar-refractivity contribution in [2.45, 2.75) is 36.0 Å². The van der Waals surface area contributed by atoms with Gasteiger partial charge in [-0.1, -0.05) is 0 Å². The second-order valence-corrected chi connectivity index (χ2v) is 11.2. The summed E-state index contributed by atoms with van der Waals surface area (Å²) in [6.07, 6.45) is -3.71. The Balaban J connectivity index is 2.04. The zero-order valence-electron chi connectivity index (χ0n) is 22.0. The number of hydrogen-bond acceptors (Lipinski definition) is 12. The average Bonchev–Trinajstić information content (AvgIpc) is 2.94. The zero-order chi connectivity index (χ0) is 29.3. The second-order valence-electron chi connectivity index (χ2n) is 9.27. The van der Waals surface area contributed by atoms with Crippen LogP contribution in [0.5, 0.6) is 0 Å². The van der Waals surface area contributed by atoms with E-state index in [0.717, 1.165) is 4.31 Å². The Morgan fingerprint density at radius 3 is 2.08 bits per heavy atom. The van der Waals surface area contributed by atoms with Crippen molar-refractivity contribution < 1.29 is 44.2 Å². The van der Waals surface area contributed by atoms with E-state index < -0.39 is 41.5 Å². The lowest BCUT2D eigenvalue weighted by Crippen LogP contribution is -2.41. The fourth-order valence-corrected chi connectivity index (χ4v) is 5.75. The molecule has 13 nitrogen and oxygen atoms in total. The normalized spacial score (nSPS) is 14.5. The Hall–Kier alpha value is -2.66. The lowest BCUT2D eigenvalue weighted by Gasteiger charge is -2.23. The molecule has 0 radical (unpaired) electrons. The van der Waals surface area contributed by atoms with Gasteiger partial charge in [0.2, 0.25) is 10.0 Å². The molecule has 14 heteroatoms. The molecule has 0 fully saturated rings. The van der Waals surface area contributed by atoms with E-state index in [1.54, 1.807) is 24.3 Å². The van der Waals surface area contributed by atoms with Gasteiger partial charge in [-0.25, -0.2) is 13.4 Å². The summed E-state index contributed by atoms with van der Waals surface area (Å²) in [5.41, 5.74) is 2.25. The molecule has 3 aromatic rings. The molecule has 0 aliphatic carbocycles. The number of aliphatic hydroxyl groups is 7. The number of nitrogens with one attached hydrogen (secondary N) is 2. The standard InChI is InChI=1S/C26H38N4O9S/c31-10-1-7-27-25-19-14-17(28-16-24(36)26(37)23(35)6-11-32)2-4-21(19)29-22-5-3-18(15-20(22)25)40(38,39)30(8-12-33)9-13-34/h2-5,14-15,23-24,26,28,31-37H,1,6-13,16H2,(H,27,29)/t23-,24+,26+/m1/s1. The van der Waals surface area contributed by atoms with Crippen LogP contribution in [0.25, 0.3) is 21.8 Å². The van der Waals surface area contributed by atoms with Gasteiger partial charge >= 0.3 is 0 Å². The van der Waals surface area contributed by atoms with Crippen LogP contribution in [0.15, 0.2) is 41.3 Å². The minimum atomic E-state index is -4.04. The van der Waals surface area contributed by atoms with Gasteiger partial charge in [-0.2, -0.15) is 4.31 Å². The first kappa shape index (κ1) is 31.9. The molecule has 0 aliphatic heterocycles. The third-order valence-electron chi connectivity index (χ3n) is 6.45. The predicted molar refractivity (Wildman–Crippen MR) is 151 cm³/mol. The highest BCUT2D eigenvalue weighted by Gasteiger charge is 2.26. The quantitative estimate of drug-likeness (QED) is 0.0694. The molecule has 3 atom stereocenters. The van der Waals surface area contributed by atoms with Crippen molar-refractivity contribution in [3.63, 3.8) is 0 Å². The van der Waals surface area contributed by atoms with Crippen LogP contribution in [-0.4, -0.2) is 124 Å². The molecule has 0 unspecified atom stereocenters. The smallest absolute Gasteiger partial charge is 0.243 e. The third-order valence-corrected chi connectivity index (χ3v) is 8.34. The number of sulfonamides is 1. The molecule has 40 heavy (non-hydrogen) atoms. The highest BCUT2D eigenvalue weighted by atomic mass is 32.2. The lowest BCUT2D eigenvalue weighted by molar-refractivity contribution is -0.0604. The molecule has 9 N–H and O–H groups in total. The molecule has 3 rings (SSSR count). The van der Waals surface area contributed by atoms with Crippen molar-refractivity contribution in [1.82, 2.24) is 9.29 Å². The fraction of sp³-hybridized carbons (Fsp3) is 0.500. The first-order chi connectivity index (χ1) is 19.2. The molecule has 0 bridgehead atoms. The Bertz CT molecular complexity index is 1350. The van der Waals surface area contributed by atoms with Gasteiger partial charge in [0.15, 0.2) is 0 Å². The van der Waals surface area contributed by atoms with Gasteiger partial charge in [-0.3, -0.25) is 0 Å². The topological polar surface area (TPSA) is 216 Å². The maximum atomic E-state index is 13.3. The summed E-state index contributed by atoms with van der Waals surface area (Å²) < 4.78 is 27.6. The first-order valence-electron chi connectivity index (χ1n) is 13.0. The summed E-state index contributed by atoms with van der Waals surface area (Å²) in [6, 6.07) is 9.69. The molecule has 1 heterocycles. The number of pyridine rings is 1. The van der Waals surface area contributed by atoms with Gasteiger partial charge in [-0.15, -0.1) is 0 Å². The molecular weight excluding hydrogens is 544 g/mol. The molecule has 2 aromatic carbocycles. The number of fused-ring (bicyclic) bond motifs is 2. The number of aromatic nitrogens is 1. The van der Waals surface area contributed by atoms with Crippen LogP contribution in [0.3, 0.4) is 0 Å². The van der Waals surface area contributed by atoms with Crippen LogP contribution >= 0.6 is 0 Å². The van der Waals surface area contributed by atoms with E-state index in [-0.39, 0.29) is 44.2 Å². The monoisotopic (exact) mass is 582 g/mol. The van der Waals surface area contributed by atoms with E-state index in [4.69, 9.17) is 5.11 Å². The molecule has 0 saturated carbocycles. The van der Waals surface area contributed by atoms with Gasteiger partial charge in [0.25, 0.3) is 0 Å². The minimum absolute atomic E-state index is 0.0407. The van der Waals surface area contributed by atoms with Gasteiger partial charge in [0.1, 0.15) is 6.10 Å². The molecule has 0 saturated heterocycles. The Morgan fingerprint density at radius 2 is 1.45 bits per heavy atom. The van der Waals surface area contributed by atoms with Gasteiger partial charge < -0.3 is 46.4 Å². The number of benzene rings is 2. The molecular formula is C26H38N4O9S. The SMILES string of the molecule is O=S(=O)(c1ccc2nc3ccc(NC[C@H](O)[C@@H](O)[C@H](O)CCO)cc3c(NCCCO)c2c1)N(CCO)CCO. The Labute approximate surface area is 232 Å². The molecule has 1 aromatic heterocycles. The van der Waals surface area contributed by atoms with Crippen LogP contribution in [0, 0.1) is 0 Å². The maximum Gasteiger partial charge on any atom is 0.243 e. The van der Waals surface area contributed by atoms with Gasteiger partial charge in [0, 0.05) is 55.9 Å². The van der Waals surface area contributed by atoms with E-state index in [0.29, 0.717) is 46.1 Å². The molecule has 0 amide bonds. The second kappa shape index (κ2) is 14.8. The molecule has 222 valence electrons. The maximum absolute atomic E-state index is 13.3. The lowest BCUT2D eigenvalue weighted by atomic mass is 10.0. The van der Waals surface area contributed by atoms with Crippen molar-refractivity contribution in [2.24, 2.45) is 0 Å². The highest BCUT2D eigenvalue weighted by Crippen LogP contribution is 2.34. The van der Waals surface area contributed by atoms with Crippen LogP contribution in [0.4, 0.5) is 11.4 Å². The van der Waals surface area contributed by atoms with Crippen LogP contribution < -0.4 is 10.6 Å². The van der Waals surface area contributed by atoms with Crippen LogP contribution in [-0.2, 0) is 10.0 Å². The zero-order valence-corrected chi connectivity index (χ0v) is 22.8. The van der Waals surface area contributed by atoms with Crippen molar-refractivity contribution >= 4 is 43.2 Å². The summed E-state index contributed by atoms with van der Waals surface area (Å²) in [5.74, 6) is 0. The third kappa shape index (κ3) is 7.54. The number of aliphatic hydroxyl groups excluding tert-OH is 7.